The van der Waals surface area contributed by atoms with Crippen LogP contribution in [-0.4, -0.2) is 16.7 Å². The normalized spacial score (nSPS) is 20.4. The van der Waals surface area contributed by atoms with Gasteiger partial charge in [0.1, 0.15) is 5.41 Å². The van der Waals surface area contributed by atoms with Crippen LogP contribution in [0, 0.1) is 0 Å². The molecule has 23 heavy (non-hydrogen) atoms. The van der Waals surface area contributed by atoms with Gasteiger partial charge in [0, 0.05) is 13.1 Å². The average Bonchev–Trinajstić information content (AvgIpc) is 2.56. The van der Waals surface area contributed by atoms with Crippen molar-refractivity contribution in [1.82, 2.24) is 4.98 Å². The molecule has 0 saturated carbocycles. The van der Waals surface area contributed by atoms with Crippen molar-refractivity contribution in [2.24, 2.45) is 0 Å². The van der Waals surface area contributed by atoms with Gasteiger partial charge in [-0.05, 0) is 37.0 Å². The van der Waals surface area contributed by atoms with Gasteiger partial charge in [0.25, 0.3) is 0 Å². The number of carbonyl (C=O) groups is 2. The third-order valence-electron chi connectivity index (χ3n) is 4.42. The van der Waals surface area contributed by atoms with Crippen LogP contribution in [0.3, 0.4) is 0 Å². The Kier molecular flexibility index (Phi) is 5.69. The number of allylic oxidation sites excluding steroid dienone is 2. The number of ether oxygens (including phenoxy) is 1. The van der Waals surface area contributed by atoms with Gasteiger partial charge in [0.15, 0.2) is 5.76 Å². The zero-order valence-electron chi connectivity index (χ0n) is 14.2. The molecular formula is C19H25NO3. The monoisotopic (exact) mass is 315 g/mol. The van der Waals surface area contributed by atoms with E-state index in [9.17, 15) is 9.59 Å². The van der Waals surface area contributed by atoms with Crippen LogP contribution in [0.5, 0.6) is 0 Å². The number of rotatable bonds is 8. The highest BCUT2D eigenvalue weighted by molar-refractivity contribution is 6.13. The van der Waals surface area contributed by atoms with Gasteiger partial charge in [-0.1, -0.05) is 39.2 Å². The first-order chi connectivity index (χ1) is 11.1. The number of esters is 1. The molecule has 1 aliphatic rings. The highest BCUT2D eigenvalue weighted by Crippen LogP contribution is 2.50. The fourth-order valence-electron chi connectivity index (χ4n) is 3.25. The van der Waals surface area contributed by atoms with Crippen LogP contribution in [0.4, 0.5) is 0 Å². The van der Waals surface area contributed by atoms with Crippen LogP contribution >= 0.6 is 0 Å². The Bertz CT molecular complexity index is 606. The lowest BCUT2D eigenvalue weighted by atomic mass is 9.60. The maximum Gasteiger partial charge on any atom is 0.308 e. The highest BCUT2D eigenvalue weighted by Gasteiger charge is 2.56. The molecular weight excluding hydrogens is 290 g/mol. The lowest BCUT2D eigenvalue weighted by Crippen LogP contribution is -2.50. The second kappa shape index (κ2) is 7.53. The van der Waals surface area contributed by atoms with Crippen LogP contribution in [0.1, 0.15) is 65.0 Å². The number of pyridine rings is 1. The minimum atomic E-state index is -0.697. The van der Waals surface area contributed by atoms with Crippen molar-refractivity contribution >= 4 is 11.8 Å². The molecule has 1 atom stereocenters. The van der Waals surface area contributed by atoms with Gasteiger partial charge < -0.3 is 4.74 Å². The van der Waals surface area contributed by atoms with Crippen molar-refractivity contribution in [3.63, 3.8) is 0 Å². The molecule has 0 amide bonds. The van der Waals surface area contributed by atoms with Gasteiger partial charge in [-0.2, -0.15) is 0 Å². The summed E-state index contributed by atoms with van der Waals surface area (Å²) in [4.78, 5) is 28.7. The maximum atomic E-state index is 12.9. The average molecular weight is 315 g/mol. The Labute approximate surface area is 138 Å². The summed E-state index contributed by atoms with van der Waals surface area (Å²) < 4.78 is 5.23. The Morgan fingerprint density at radius 3 is 2.52 bits per heavy atom. The number of carbonyl (C=O) groups excluding carboxylic acids is 2. The molecule has 0 aromatic carbocycles. The maximum absolute atomic E-state index is 12.9. The van der Waals surface area contributed by atoms with Crippen molar-refractivity contribution in [2.45, 2.75) is 64.7 Å². The van der Waals surface area contributed by atoms with Gasteiger partial charge in [-0.25, -0.2) is 0 Å². The summed E-state index contributed by atoms with van der Waals surface area (Å²) in [6.07, 6.45) is 7.15. The third-order valence-corrected chi connectivity index (χ3v) is 4.42. The number of ketones is 1. The summed E-state index contributed by atoms with van der Waals surface area (Å²) >= 11 is 0. The minimum absolute atomic E-state index is 0.0917. The summed E-state index contributed by atoms with van der Waals surface area (Å²) in [6.45, 7) is 5.56. The zero-order valence-corrected chi connectivity index (χ0v) is 14.2. The van der Waals surface area contributed by atoms with Crippen molar-refractivity contribution in [2.75, 3.05) is 0 Å². The lowest BCUT2D eigenvalue weighted by Gasteiger charge is -2.43. The van der Waals surface area contributed by atoms with Crippen LogP contribution in [0.25, 0.3) is 0 Å². The second-order valence-electron chi connectivity index (χ2n) is 6.06. The standard InChI is InChI=1S/C19H25NO3/c1-4-6-10-15-17(23-14(3)21)18(22)19(15,12-7-5-2)16-11-8-9-13-20-16/h8-9,11,13H,4-7,10,12H2,1-3H3. The number of hydrogen-bond acceptors (Lipinski definition) is 4. The summed E-state index contributed by atoms with van der Waals surface area (Å²) in [5, 5.41) is 0. The quantitative estimate of drug-likeness (QED) is 0.678. The van der Waals surface area contributed by atoms with Crippen molar-refractivity contribution in [1.29, 1.82) is 0 Å². The summed E-state index contributed by atoms with van der Waals surface area (Å²) in [5.41, 5.74) is 1.03. The van der Waals surface area contributed by atoms with Crippen LogP contribution < -0.4 is 0 Å². The number of Topliss-reactive ketones (excluding diaryl/α,β-unsaturated/α-hetero) is 1. The Balaban J connectivity index is 2.49. The Morgan fingerprint density at radius 2 is 1.96 bits per heavy atom. The molecule has 1 unspecified atom stereocenters. The van der Waals surface area contributed by atoms with E-state index in [2.05, 4.69) is 18.8 Å². The Morgan fingerprint density at radius 1 is 1.22 bits per heavy atom. The molecule has 1 aromatic heterocycles. The minimum Gasteiger partial charge on any atom is -0.423 e. The second-order valence-corrected chi connectivity index (χ2v) is 6.06. The summed E-state index contributed by atoms with van der Waals surface area (Å²) in [6, 6.07) is 5.66. The van der Waals surface area contributed by atoms with Gasteiger partial charge in [0.2, 0.25) is 5.78 Å². The highest BCUT2D eigenvalue weighted by atomic mass is 16.5. The van der Waals surface area contributed by atoms with E-state index in [1.807, 2.05) is 18.2 Å². The van der Waals surface area contributed by atoms with E-state index >= 15 is 0 Å². The number of hydrogen-bond donors (Lipinski definition) is 0. The molecule has 0 radical (unpaired) electrons. The van der Waals surface area contributed by atoms with Crippen LogP contribution in [-0.2, 0) is 19.7 Å². The number of nitrogens with zero attached hydrogens (tertiary/aromatic N) is 1. The molecule has 0 N–H and O–H groups in total. The zero-order chi connectivity index (χ0) is 16.9. The van der Waals surface area contributed by atoms with E-state index in [4.69, 9.17) is 4.74 Å². The smallest absolute Gasteiger partial charge is 0.308 e. The first kappa shape index (κ1) is 17.4. The molecule has 1 aromatic rings. The van der Waals surface area contributed by atoms with Gasteiger partial charge in [0.05, 0.1) is 5.69 Å². The van der Waals surface area contributed by atoms with Gasteiger partial charge >= 0.3 is 5.97 Å². The molecule has 0 aliphatic heterocycles. The molecule has 4 nitrogen and oxygen atoms in total. The molecule has 0 saturated heterocycles. The summed E-state index contributed by atoms with van der Waals surface area (Å²) in [7, 11) is 0. The number of unbranched alkanes of at least 4 members (excludes halogenated alkanes) is 2. The molecule has 4 heteroatoms. The lowest BCUT2D eigenvalue weighted by molar-refractivity contribution is -0.143. The molecule has 1 heterocycles. The molecule has 0 bridgehead atoms. The van der Waals surface area contributed by atoms with E-state index in [1.54, 1.807) is 6.20 Å². The molecule has 0 fully saturated rings. The predicted octanol–water partition coefficient (Wildman–Crippen LogP) is 4.10. The van der Waals surface area contributed by atoms with Crippen molar-refractivity contribution in [3.8, 4) is 0 Å². The number of aromatic nitrogens is 1. The van der Waals surface area contributed by atoms with Crippen LogP contribution in [0.15, 0.2) is 35.7 Å². The fraction of sp³-hybridized carbons (Fsp3) is 0.526. The van der Waals surface area contributed by atoms with Gasteiger partial charge in [-0.15, -0.1) is 0 Å². The van der Waals surface area contributed by atoms with E-state index in [1.165, 1.54) is 6.92 Å². The third kappa shape index (κ3) is 3.21. The van der Waals surface area contributed by atoms with Crippen molar-refractivity contribution < 1.29 is 14.3 Å². The molecule has 124 valence electrons. The molecule has 2 rings (SSSR count). The van der Waals surface area contributed by atoms with E-state index in [0.29, 0.717) is 0 Å². The molecule has 0 spiro atoms. The topological polar surface area (TPSA) is 56.3 Å². The first-order valence-electron chi connectivity index (χ1n) is 8.46. The molecule has 1 aliphatic carbocycles. The SMILES string of the molecule is CCCCC1=C(OC(C)=O)C(=O)C1(CCCC)c1ccccn1. The van der Waals surface area contributed by atoms with E-state index in [-0.39, 0.29) is 11.5 Å². The Hall–Kier alpha value is -1.97. The van der Waals surface area contributed by atoms with Gasteiger partial charge in [-0.3, -0.25) is 14.6 Å². The first-order valence-corrected chi connectivity index (χ1v) is 8.46. The van der Waals surface area contributed by atoms with E-state index in [0.717, 1.165) is 49.8 Å². The summed E-state index contributed by atoms with van der Waals surface area (Å²) in [5.74, 6) is -0.272. The largest absolute Gasteiger partial charge is 0.423 e. The van der Waals surface area contributed by atoms with E-state index < -0.39 is 11.4 Å². The van der Waals surface area contributed by atoms with Crippen LogP contribution in [0.2, 0.25) is 0 Å². The van der Waals surface area contributed by atoms with Crippen molar-refractivity contribution in [3.05, 3.63) is 41.4 Å². The predicted molar refractivity (Wildman–Crippen MR) is 88.8 cm³/mol. The fourth-order valence-corrected chi connectivity index (χ4v) is 3.25.